The Morgan fingerprint density at radius 3 is 1.94 bits per heavy atom. The van der Waals surface area contributed by atoms with Gasteiger partial charge in [0.1, 0.15) is 11.4 Å². The van der Waals surface area contributed by atoms with E-state index < -0.39 is 17.8 Å². The third-order valence-electron chi connectivity index (χ3n) is 5.05. The molecule has 172 valence electrons. The highest BCUT2D eigenvalue weighted by Gasteiger charge is 2.24. The molecule has 0 saturated carbocycles. The Bertz CT molecular complexity index is 1040. The van der Waals surface area contributed by atoms with E-state index in [1.165, 1.54) is 4.90 Å². The zero-order valence-electron chi connectivity index (χ0n) is 19.5. The summed E-state index contributed by atoms with van der Waals surface area (Å²) in [5.41, 5.74) is 1.70. The fourth-order valence-corrected chi connectivity index (χ4v) is 3.42. The Balaban J connectivity index is 1.99. The molecule has 0 aliphatic heterocycles. The Morgan fingerprint density at radius 2 is 1.42 bits per heavy atom. The molecule has 0 aliphatic carbocycles. The van der Waals surface area contributed by atoms with Gasteiger partial charge in [0.2, 0.25) is 0 Å². The Labute approximate surface area is 195 Å². The first-order valence-corrected chi connectivity index (χ1v) is 10.9. The molecule has 3 aromatic carbocycles. The molecule has 5 nitrogen and oxygen atoms in total. The highest BCUT2D eigenvalue weighted by Crippen LogP contribution is 2.33. The van der Waals surface area contributed by atoms with Crippen LogP contribution in [-0.4, -0.2) is 23.9 Å². The highest BCUT2D eigenvalue weighted by atomic mass is 16.6. The molecular weight excluding hydrogens is 414 g/mol. The van der Waals surface area contributed by atoms with E-state index >= 15 is 0 Å². The number of hydrogen-bond donors (Lipinski definition) is 1. The summed E-state index contributed by atoms with van der Waals surface area (Å²) in [6, 6.07) is 26.4. The Morgan fingerprint density at radius 1 is 0.879 bits per heavy atom. The molecule has 0 radical (unpaired) electrons. The van der Waals surface area contributed by atoms with Gasteiger partial charge in [0.25, 0.3) is 0 Å². The van der Waals surface area contributed by atoms with Crippen molar-refractivity contribution in [2.45, 2.75) is 38.4 Å². The van der Waals surface area contributed by atoms with Crippen LogP contribution >= 0.6 is 0 Å². The van der Waals surface area contributed by atoms with Crippen LogP contribution in [0.25, 0.3) is 0 Å². The quantitative estimate of drug-likeness (QED) is 0.453. The predicted octanol–water partition coefficient (Wildman–Crippen LogP) is 6.47. The maximum absolute atomic E-state index is 13.1. The molecule has 0 aliphatic rings. The van der Waals surface area contributed by atoms with E-state index in [0.717, 1.165) is 11.1 Å². The molecule has 0 heterocycles. The van der Waals surface area contributed by atoms with E-state index in [9.17, 15) is 9.90 Å². The molecule has 0 unspecified atom stereocenters. The molecule has 3 rings (SSSR count). The fourth-order valence-electron chi connectivity index (χ4n) is 3.42. The fraction of sp³-hybridized carbons (Fsp3) is 0.250. The number of hydrogen-bond acceptors (Lipinski definition) is 4. The standard InChI is InChI=1S/C28H31NO4/c1-28(2,3)33-27(31)29(23-15-17-24(32-4)18-16-23)20-19-25(21-11-7-5-8-12-21)26(30)22-13-9-6-10-14-22/h5-20,25-26,30H,1-4H3/b20-19-/t25-,26-/m0/s1. The number of anilines is 1. The van der Waals surface area contributed by atoms with E-state index in [1.54, 1.807) is 37.6 Å². The summed E-state index contributed by atoms with van der Waals surface area (Å²) >= 11 is 0. The number of carbonyl (C=O) groups is 1. The van der Waals surface area contributed by atoms with Gasteiger partial charge in [-0.05, 0) is 56.2 Å². The van der Waals surface area contributed by atoms with E-state index in [2.05, 4.69) is 0 Å². The second kappa shape index (κ2) is 10.8. The van der Waals surface area contributed by atoms with Crippen molar-refractivity contribution in [3.05, 3.63) is 108 Å². The lowest BCUT2D eigenvalue weighted by Crippen LogP contribution is -2.33. The van der Waals surface area contributed by atoms with E-state index in [1.807, 2.05) is 87.5 Å². The van der Waals surface area contributed by atoms with Crippen LogP contribution in [0.1, 0.15) is 43.9 Å². The van der Waals surface area contributed by atoms with Crippen molar-refractivity contribution in [1.29, 1.82) is 0 Å². The summed E-state index contributed by atoms with van der Waals surface area (Å²) in [5.74, 6) is 0.310. The van der Waals surface area contributed by atoms with Crippen LogP contribution in [0, 0.1) is 0 Å². The lowest BCUT2D eigenvalue weighted by molar-refractivity contribution is 0.0596. The van der Waals surface area contributed by atoms with Gasteiger partial charge in [-0.25, -0.2) is 4.79 Å². The van der Waals surface area contributed by atoms with Crippen LogP contribution in [0.2, 0.25) is 0 Å². The zero-order chi connectivity index (χ0) is 23.8. The van der Waals surface area contributed by atoms with Crippen molar-refractivity contribution in [2.75, 3.05) is 12.0 Å². The van der Waals surface area contributed by atoms with E-state index in [-0.39, 0.29) is 5.92 Å². The highest BCUT2D eigenvalue weighted by molar-refractivity contribution is 5.90. The molecule has 0 bridgehead atoms. The number of ether oxygens (including phenoxy) is 2. The van der Waals surface area contributed by atoms with Crippen molar-refractivity contribution in [2.24, 2.45) is 0 Å². The van der Waals surface area contributed by atoms with Crippen molar-refractivity contribution in [3.8, 4) is 5.75 Å². The maximum atomic E-state index is 13.1. The van der Waals surface area contributed by atoms with Crippen molar-refractivity contribution < 1.29 is 19.4 Å². The third-order valence-corrected chi connectivity index (χ3v) is 5.05. The summed E-state index contributed by atoms with van der Waals surface area (Å²) in [6.45, 7) is 5.48. The smallest absolute Gasteiger partial charge is 0.418 e. The van der Waals surface area contributed by atoms with E-state index in [4.69, 9.17) is 9.47 Å². The van der Waals surface area contributed by atoms with Crippen LogP contribution < -0.4 is 9.64 Å². The molecule has 5 heteroatoms. The van der Waals surface area contributed by atoms with Gasteiger partial charge in [0.05, 0.1) is 18.9 Å². The van der Waals surface area contributed by atoms with Gasteiger partial charge in [0, 0.05) is 12.1 Å². The second-order valence-electron chi connectivity index (χ2n) is 8.68. The van der Waals surface area contributed by atoms with Crippen LogP contribution in [0.15, 0.2) is 97.2 Å². The summed E-state index contributed by atoms with van der Waals surface area (Å²) in [4.78, 5) is 14.5. The Hall–Kier alpha value is -3.57. The second-order valence-corrected chi connectivity index (χ2v) is 8.68. The first-order valence-electron chi connectivity index (χ1n) is 10.9. The number of amides is 1. The number of benzene rings is 3. The van der Waals surface area contributed by atoms with Gasteiger partial charge in [0.15, 0.2) is 0 Å². The lowest BCUT2D eigenvalue weighted by Gasteiger charge is -2.26. The van der Waals surface area contributed by atoms with E-state index in [0.29, 0.717) is 11.4 Å². The Kier molecular flexibility index (Phi) is 7.91. The number of aliphatic hydroxyl groups is 1. The number of nitrogens with zero attached hydrogens (tertiary/aromatic N) is 1. The molecule has 1 amide bonds. The summed E-state index contributed by atoms with van der Waals surface area (Å²) < 4.78 is 10.9. The van der Waals surface area contributed by atoms with Gasteiger partial charge in [-0.1, -0.05) is 66.7 Å². The average molecular weight is 446 g/mol. The van der Waals surface area contributed by atoms with Gasteiger partial charge in [-0.3, -0.25) is 4.90 Å². The van der Waals surface area contributed by atoms with Crippen molar-refractivity contribution >= 4 is 11.8 Å². The largest absolute Gasteiger partial charge is 0.497 e. The first-order chi connectivity index (χ1) is 15.8. The molecule has 0 aromatic heterocycles. The monoisotopic (exact) mass is 445 g/mol. The maximum Gasteiger partial charge on any atom is 0.418 e. The summed E-state index contributed by atoms with van der Waals surface area (Å²) in [7, 11) is 1.59. The number of aliphatic hydroxyl groups excluding tert-OH is 1. The topological polar surface area (TPSA) is 59.0 Å². The lowest BCUT2D eigenvalue weighted by atomic mass is 9.89. The molecule has 2 atom stereocenters. The normalized spacial score (nSPS) is 13.4. The van der Waals surface area contributed by atoms with Crippen LogP contribution in [0.4, 0.5) is 10.5 Å². The third kappa shape index (κ3) is 6.70. The van der Waals surface area contributed by atoms with Gasteiger partial charge in [-0.15, -0.1) is 0 Å². The van der Waals surface area contributed by atoms with Crippen LogP contribution in [-0.2, 0) is 4.74 Å². The molecular formula is C28H31NO4. The van der Waals surface area contributed by atoms with Gasteiger partial charge >= 0.3 is 6.09 Å². The molecule has 0 fully saturated rings. The van der Waals surface area contributed by atoms with Crippen LogP contribution in [0.3, 0.4) is 0 Å². The van der Waals surface area contributed by atoms with Gasteiger partial charge in [-0.2, -0.15) is 0 Å². The zero-order valence-corrected chi connectivity index (χ0v) is 19.5. The SMILES string of the molecule is COc1ccc(N(/C=C\[C@@H](c2ccccc2)[C@@H](O)c2ccccc2)C(=O)OC(C)(C)C)cc1. The molecule has 1 N–H and O–H groups in total. The predicted molar refractivity (Wildman–Crippen MR) is 131 cm³/mol. The summed E-state index contributed by atoms with van der Waals surface area (Å²) in [6.07, 6.45) is 2.20. The summed E-state index contributed by atoms with van der Waals surface area (Å²) in [5, 5.41) is 11.2. The minimum absolute atomic E-state index is 0.378. The van der Waals surface area contributed by atoms with Crippen molar-refractivity contribution in [1.82, 2.24) is 0 Å². The number of rotatable bonds is 7. The number of carbonyl (C=O) groups excluding carboxylic acids is 1. The number of methoxy groups -OCH3 is 1. The van der Waals surface area contributed by atoms with Crippen molar-refractivity contribution in [3.63, 3.8) is 0 Å². The van der Waals surface area contributed by atoms with Crippen LogP contribution in [0.5, 0.6) is 5.75 Å². The van der Waals surface area contributed by atoms with Gasteiger partial charge < -0.3 is 14.6 Å². The minimum atomic E-state index is -0.791. The first kappa shape index (κ1) is 24.1. The average Bonchev–Trinajstić information content (AvgIpc) is 2.81. The molecule has 0 spiro atoms. The molecule has 0 saturated heterocycles. The molecule has 3 aromatic rings. The minimum Gasteiger partial charge on any atom is -0.497 e. The molecule has 33 heavy (non-hydrogen) atoms.